The van der Waals surface area contributed by atoms with E-state index in [-0.39, 0.29) is 17.7 Å². The summed E-state index contributed by atoms with van der Waals surface area (Å²) in [6.45, 7) is 0.0115. The molecule has 0 N–H and O–H groups in total. The Kier molecular flexibility index (Phi) is 3.51. The number of fused-ring (bicyclic) bond motifs is 1. The molecular weight excluding hydrogens is 282 g/mol. The quantitative estimate of drug-likeness (QED) is 0.628. The first-order chi connectivity index (χ1) is 10.2. The maximum Gasteiger partial charge on any atom is 0.294 e. The van der Waals surface area contributed by atoms with Gasteiger partial charge in [-0.1, -0.05) is 48.4 Å². The third kappa shape index (κ3) is 2.44. The minimum atomic E-state index is -0.323. The van der Waals surface area contributed by atoms with Crippen LogP contribution < -0.4 is 0 Å². The van der Waals surface area contributed by atoms with Crippen LogP contribution in [0.5, 0.6) is 0 Å². The van der Waals surface area contributed by atoms with E-state index in [0.29, 0.717) is 4.91 Å². The molecule has 1 aliphatic heterocycles. The van der Waals surface area contributed by atoms with Gasteiger partial charge in [0.2, 0.25) is 0 Å². The van der Waals surface area contributed by atoms with Crippen molar-refractivity contribution in [3.8, 4) is 12.3 Å². The second-order valence-corrected chi connectivity index (χ2v) is 5.53. The van der Waals surface area contributed by atoms with Crippen molar-refractivity contribution in [2.45, 2.75) is 0 Å². The van der Waals surface area contributed by atoms with Gasteiger partial charge in [-0.05, 0) is 34.2 Å². The lowest BCUT2D eigenvalue weighted by Gasteiger charge is -2.06. The fourth-order valence-corrected chi connectivity index (χ4v) is 3.07. The van der Waals surface area contributed by atoms with Gasteiger partial charge in [-0.3, -0.25) is 14.5 Å². The minimum absolute atomic E-state index is 0.0115. The largest absolute Gasteiger partial charge is 0.294 e. The van der Waals surface area contributed by atoms with E-state index in [1.165, 1.54) is 0 Å². The van der Waals surface area contributed by atoms with Crippen molar-refractivity contribution < 1.29 is 9.59 Å². The van der Waals surface area contributed by atoms with Gasteiger partial charge in [0, 0.05) is 0 Å². The maximum absolute atomic E-state index is 12.2. The van der Waals surface area contributed by atoms with E-state index in [4.69, 9.17) is 6.42 Å². The van der Waals surface area contributed by atoms with E-state index in [0.717, 1.165) is 33.0 Å². The molecule has 102 valence electrons. The fraction of sp³-hybridized carbons (Fsp3) is 0.0588. The van der Waals surface area contributed by atoms with Crippen molar-refractivity contribution in [1.29, 1.82) is 0 Å². The average Bonchev–Trinajstić information content (AvgIpc) is 2.76. The lowest BCUT2D eigenvalue weighted by Crippen LogP contribution is -2.28. The van der Waals surface area contributed by atoms with Crippen LogP contribution in [0.1, 0.15) is 5.56 Å². The molecule has 0 aliphatic carbocycles. The Morgan fingerprint density at radius 3 is 2.71 bits per heavy atom. The van der Waals surface area contributed by atoms with Crippen LogP contribution in [-0.4, -0.2) is 22.6 Å². The van der Waals surface area contributed by atoms with Gasteiger partial charge < -0.3 is 0 Å². The van der Waals surface area contributed by atoms with Crippen LogP contribution >= 0.6 is 11.8 Å². The SMILES string of the molecule is C#CCN1C(=O)SC(=Cc2cccc3ccccc23)C1=O. The number of carbonyl (C=O) groups excluding carboxylic acids is 2. The summed E-state index contributed by atoms with van der Waals surface area (Å²) in [4.78, 5) is 25.4. The highest BCUT2D eigenvalue weighted by Gasteiger charge is 2.34. The van der Waals surface area contributed by atoms with Crippen molar-refractivity contribution in [3.63, 3.8) is 0 Å². The molecule has 3 nitrogen and oxygen atoms in total. The smallest absolute Gasteiger partial charge is 0.268 e. The highest BCUT2D eigenvalue weighted by atomic mass is 32.2. The first-order valence-electron chi connectivity index (χ1n) is 6.37. The number of imide groups is 1. The third-order valence-electron chi connectivity index (χ3n) is 3.23. The van der Waals surface area contributed by atoms with Crippen LogP contribution in [-0.2, 0) is 4.79 Å². The van der Waals surface area contributed by atoms with Crippen LogP contribution in [0, 0.1) is 12.3 Å². The summed E-state index contributed by atoms with van der Waals surface area (Å²) in [7, 11) is 0. The van der Waals surface area contributed by atoms with Crippen molar-refractivity contribution in [1.82, 2.24) is 4.90 Å². The Bertz CT molecular complexity index is 812. The van der Waals surface area contributed by atoms with Gasteiger partial charge in [0.1, 0.15) is 0 Å². The van der Waals surface area contributed by atoms with Gasteiger partial charge >= 0.3 is 0 Å². The molecule has 1 aliphatic rings. The monoisotopic (exact) mass is 293 g/mol. The van der Waals surface area contributed by atoms with E-state index in [9.17, 15) is 9.59 Å². The molecule has 1 fully saturated rings. The number of terminal acetylenes is 1. The van der Waals surface area contributed by atoms with Gasteiger partial charge in [-0.2, -0.15) is 0 Å². The molecule has 0 unspecified atom stereocenters. The van der Waals surface area contributed by atoms with Gasteiger partial charge in [-0.25, -0.2) is 0 Å². The summed E-state index contributed by atoms with van der Waals surface area (Å²) in [5.74, 6) is 2.00. The molecule has 1 saturated heterocycles. The number of hydrogen-bond donors (Lipinski definition) is 0. The normalized spacial score (nSPS) is 16.7. The van der Waals surface area contributed by atoms with Gasteiger partial charge in [0.05, 0.1) is 11.4 Å². The van der Waals surface area contributed by atoms with Crippen LogP contribution in [0.4, 0.5) is 4.79 Å². The highest BCUT2D eigenvalue weighted by Crippen LogP contribution is 2.33. The van der Waals surface area contributed by atoms with E-state index in [1.54, 1.807) is 6.08 Å². The fourth-order valence-electron chi connectivity index (χ4n) is 2.25. The van der Waals surface area contributed by atoms with Crippen molar-refractivity contribution >= 4 is 39.8 Å². The van der Waals surface area contributed by atoms with Gasteiger partial charge in [-0.15, -0.1) is 6.42 Å². The van der Waals surface area contributed by atoms with Crippen molar-refractivity contribution in [2.24, 2.45) is 0 Å². The number of nitrogens with zero attached hydrogens (tertiary/aromatic N) is 1. The third-order valence-corrected chi connectivity index (χ3v) is 4.14. The Hall–Kier alpha value is -2.51. The number of amides is 2. The topological polar surface area (TPSA) is 37.4 Å². The maximum atomic E-state index is 12.2. The number of carbonyl (C=O) groups is 2. The lowest BCUT2D eigenvalue weighted by atomic mass is 10.0. The minimum Gasteiger partial charge on any atom is -0.268 e. The predicted molar refractivity (Wildman–Crippen MR) is 85.5 cm³/mol. The molecule has 4 heteroatoms. The molecule has 0 saturated carbocycles. The summed E-state index contributed by atoms with van der Waals surface area (Å²) in [6.07, 6.45) is 6.93. The second kappa shape index (κ2) is 5.47. The highest BCUT2D eigenvalue weighted by molar-refractivity contribution is 8.18. The predicted octanol–water partition coefficient (Wildman–Crippen LogP) is 3.51. The molecule has 0 atom stereocenters. The van der Waals surface area contributed by atoms with Crippen LogP contribution in [0.25, 0.3) is 16.8 Å². The molecule has 21 heavy (non-hydrogen) atoms. The van der Waals surface area contributed by atoms with Crippen molar-refractivity contribution in [2.75, 3.05) is 6.54 Å². The molecule has 0 radical (unpaired) electrons. The summed E-state index contributed by atoms with van der Waals surface area (Å²) in [6, 6.07) is 13.8. The van der Waals surface area contributed by atoms with E-state index < -0.39 is 0 Å². The zero-order valence-corrected chi connectivity index (χ0v) is 11.9. The molecule has 2 amide bonds. The first kappa shape index (κ1) is 13.5. The first-order valence-corrected chi connectivity index (χ1v) is 7.19. The zero-order valence-electron chi connectivity index (χ0n) is 11.1. The molecule has 2 aromatic rings. The van der Waals surface area contributed by atoms with Crippen LogP contribution in [0.3, 0.4) is 0 Å². The zero-order chi connectivity index (χ0) is 14.8. The molecule has 0 spiro atoms. The van der Waals surface area contributed by atoms with E-state index in [2.05, 4.69) is 5.92 Å². The molecule has 2 aromatic carbocycles. The number of hydrogen-bond acceptors (Lipinski definition) is 3. The number of rotatable bonds is 2. The summed E-state index contributed by atoms with van der Waals surface area (Å²) >= 11 is 0.928. The second-order valence-electron chi connectivity index (χ2n) is 4.54. The van der Waals surface area contributed by atoms with Gasteiger partial charge in [0.25, 0.3) is 11.1 Å². The van der Waals surface area contributed by atoms with Crippen LogP contribution in [0.2, 0.25) is 0 Å². The average molecular weight is 293 g/mol. The molecule has 0 aromatic heterocycles. The van der Waals surface area contributed by atoms with E-state index in [1.807, 2.05) is 42.5 Å². The number of benzene rings is 2. The summed E-state index contributed by atoms with van der Waals surface area (Å²) in [5, 5.41) is 1.82. The standard InChI is InChI=1S/C17H11NO2S/c1-2-10-18-16(19)15(21-17(18)20)11-13-8-5-7-12-6-3-4-9-14(12)13/h1,3-9,11H,10H2. The molecule has 0 bridgehead atoms. The Morgan fingerprint density at radius 1 is 1.14 bits per heavy atom. The van der Waals surface area contributed by atoms with Gasteiger partial charge in [0.15, 0.2) is 0 Å². The molecule has 1 heterocycles. The number of thioether (sulfide) groups is 1. The van der Waals surface area contributed by atoms with E-state index >= 15 is 0 Å². The Morgan fingerprint density at radius 2 is 1.90 bits per heavy atom. The summed E-state index contributed by atoms with van der Waals surface area (Å²) < 4.78 is 0. The lowest BCUT2D eigenvalue weighted by molar-refractivity contribution is -0.122. The Labute approximate surface area is 126 Å². The molecular formula is C17H11NO2S. The summed E-state index contributed by atoms with van der Waals surface area (Å²) in [5.41, 5.74) is 0.916. The van der Waals surface area contributed by atoms with Crippen molar-refractivity contribution in [3.05, 3.63) is 52.9 Å². The molecule has 3 rings (SSSR count). The Balaban J connectivity index is 2.04. The van der Waals surface area contributed by atoms with Crippen LogP contribution in [0.15, 0.2) is 47.4 Å².